The maximum atomic E-state index is 12.8. The molecule has 8 nitrogen and oxygen atoms in total. The third-order valence-electron chi connectivity index (χ3n) is 5.45. The highest BCUT2D eigenvalue weighted by atomic mass is 32.1. The van der Waals surface area contributed by atoms with Gasteiger partial charge < -0.3 is 19.7 Å². The summed E-state index contributed by atoms with van der Waals surface area (Å²) in [7, 11) is 1.57. The Morgan fingerprint density at radius 3 is 2.78 bits per heavy atom. The van der Waals surface area contributed by atoms with E-state index < -0.39 is 0 Å². The van der Waals surface area contributed by atoms with Gasteiger partial charge in [-0.05, 0) is 42.2 Å². The first kappa shape index (κ1) is 21.8. The van der Waals surface area contributed by atoms with Gasteiger partial charge in [0.05, 0.1) is 18.8 Å². The third kappa shape index (κ3) is 4.72. The third-order valence-corrected chi connectivity index (χ3v) is 6.22. The largest absolute Gasteiger partial charge is 0.493 e. The van der Waals surface area contributed by atoms with Crippen LogP contribution in [0.15, 0.2) is 42.2 Å². The fourth-order valence-corrected chi connectivity index (χ4v) is 4.26. The van der Waals surface area contributed by atoms with Crippen molar-refractivity contribution in [2.45, 2.75) is 26.4 Å². The van der Waals surface area contributed by atoms with E-state index in [-0.39, 0.29) is 18.4 Å². The summed E-state index contributed by atoms with van der Waals surface area (Å²) in [5.74, 6) is 0.888. The first-order valence-corrected chi connectivity index (χ1v) is 11.1. The van der Waals surface area contributed by atoms with Crippen molar-refractivity contribution < 1.29 is 19.1 Å². The van der Waals surface area contributed by atoms with Crippen LogP contribution in [0.2, 0.25) is 0 Å². The van der Waals surface area contributed by atoms with Gasteiger partial charge in [-0.3, -0.25) is 19.6 Å². The van der Waals surface area contributed by atoms with E-state index in [9.17, 15) is 9.59 Å². The smallest absolute Gasteiger partial charge is 0.263 e. The van der Waals surface area contributed by atoms with Crippen molar-refractivity contribution in [2.24, 2.45) is 0 Å². The Labute approximate surface area is 190 Å². The predicted molar refractivity (Wildman–Crippen MR) is 120 cm³/mol. The number of thiazole rings is 1. The molecule has 0 bridgehead atoms. The van der Waals surface area contributed by atoms with E-state index in [1.54, 1.807) is 35.8 Å². The summed E-state index contributed by atoms with van der Waals surface area (Å²) in [6, 6.07) is 7.25. The lowest BCUT2D eigenvalue weighted by atomic mass is 9.95. The molecule has 1 aromatic carbocycles. The minimum atomic E-state index is -0.148. The number of ether oxygens (including phenoxy) is 2. The van der Waals surface area contributed by atoms with Crippen LogP contribution in [-0.4, -0.2) is 46.9 Å². The number of hydrogen-bond donors (Lipinski definition) is 1. The first-order chi connectivity index (χ1) is 15.6. The van der Waals surface area contributed by atoms with Gasteiger partial charge in [0.25, 0.3) is 11.8 Å². The second-order valence-corrected chi connectivity index (χ2v) is 8.27. The van der Waals surface area contributed by atoms with Crippen LogP contribution in [0.4, 0.5) is 0 Å². The summed E-state index contributed by atoms with van der Waals surface area (Å²) in [5.41, 5.74) is 5.67. The number of aryl methyl sites for hydroxylation is 1. The zero-order valence-electron chi connectivity index (χ0n) is 18.0. The molecule has 1 N–H and O–H groups in total. The van der Waals surface area contributed by atoms with Crippen LogP contribution in [-0.2, 0) is 24.3 Å². The Hall–Kier alpha value is -3.46. The van der Waals surface area contributed by atoms with Gasteiger partial charge in [0.1, 0.15) is 4.88 Å². The van der Waals surface area contributed by atoms with Gasteiger partial charge in [-0.25, -0.2) is 0 Å². The van der Waals surface area contributed by atoms with Crippen molar-refractivity contribution in [1.29, 1.82) is 0 Å². The molecule has 3 heterocycles. The zero-order chi connectivity index (χ0) is 22.5. The number of nitrogens with zero attached hydrogens (tertiary/aromatic N) is 3. The van der Waals surface area contributed by atoms with Crippen LogP contribution < -0.4 is 14.8 Å². The minimum absolute atomic E-state index is 0.0627. The van der Waals surface area contributed by atoms with Gasteiger partial charge in [0, 0.05) is 31.5 Å². The Balaban J connectivity index is 1.40. The summed E-state index contributed by atoms with van der Waals surface area (Å²) in [6.45, 7) is 3.32. The van der Waals surface area contributed by atoms with Crippen molar-refractivity contribution in [2.75, 3.05) is 20.3 Å². The molecule has 9 heteroatoms. The molecule has 0 saturated carbocycles. The number of rotatable bonds is 7. The average molecular weight is 453 g/mol. The fourth-order valence-electron chi connectivity index (χ4n) is 3.72. The lowest BCUT2D eigenvalue weighted by Crippen LogP contribution is -2.39. The second kappa shape index (κ2) is 9.78. The van der Waals surface area contributed by atoms with E-state index in [1.165, 1.54) is 11.3 Å². The number of methoxy groups -OCH3 is 1. The van der Waals surface area contributed by atoms with Crippen molar-refractivity contribution in [3.63, 3.8) is 0 Å². The number of amides is 2. The van der Waals surface area contributed by atoms with E-state index in [1.807, 2.05) is 25.3 Å². The van der Waals surface area contributed by atoms with Gasteiger partial charge >= 0.3 is 0 Å². The predicted octanol–water partition coefficient (Wildman–Crippen LogP) is 2.75. The van der Waals surface area contributed by atoms with Crippen LogP contribution in [0.1, 0.15) is 32.1 Å². The normalized spacial score (nSPS) is 12.8. The van der Waals surface area contributed by atoms with E-state index in [0.29, 0.717) is 42.4 Å². The van der Waals surface area contributed by atoms with Crippen LogP contribution in [0.5, 0.6) is 11.5 Å². The quantitative estimate of drug-likeness (QED) is 0.593. The number of fused-ring (bicyclic) bond motifs is 1. The molecule has 4 rings (SSSR count). The van der Waals surface area contributed by atoms with Gasteiger partial charge in [0.2, 0.25) is 0 Å². The monoisotopic (exact) mass is 452 g/mol. The number of nitrogens with one attached hydrogen (secondary N) is 1. The Morgan fingerprint density at radius 2 is 2.03 bits per heavy atom. The number of carbonyl (C=O) groups is 2. The summed E-state index contributed by atoms with van der Waals surface area (Å²) in [5, 5.41) is 2.95. The molecule has 0 spiro atoms. The standard InChI is InChI=1S/C23H24N4O4S/c1-15-18(10-26-23(29)21-11-24-14-32-21)17-7-8-27(12-16(17)9-25-15)22(28)13-31-20-6-4-3-5-19(20)30-2/h3-6,9,11,14H,7-8,10,12-13H2,1-2H3,(H,26,29). The maximum Gasteiger partial charge on any atom is 0.263 e. The molecular formula is C23H24N4O4S. The lowest BCUT2D eigenvalue weighted by molar-refractivity contribution is -0.134. The molecule has 1 aliphatic heterocycles. The molecule has 32 heavy (non-hydrogen) atoms. The number of aromatic nitrogens is 2. The summed E-state index contributed by atoms with van der Waals surface area (Å²) in [6.07, 6.45) is 4.08. The molecule has 0 saturated heterocycles. The molecular weight excluding hydrogens is 428 g/mol. The molecule has 1 aliphatic rings. The second-order valence-electron chi connectivity index (χ2n) is 7.38. The zero-order valence-corrected chi connectivity index (χ0v) is 18.8. The average Bonchev–Trinajstić information content (AvgIpc) is 3.37. The topological polar surface area (TPSA) is 93.7 Å². The van der Waals surface area contributed by atoms with Gasteiger partial charge in [-0.2, -0.15) is 0 Å². The number of pyridine rings is 1. The van der Waals surface area contributed by atoms with Gasteiger partial charge in [0.15, 0.2) is 18.1 Å². The molecule has 2 aromatic heterocycles. The summed E-state index contributed by atoms with van der Waals surface area (Å²) < 4.78 is 11.0. The fraction of sp³-hybridized carbons (Fsp3) is 0.304. The number of carbonyl (C=O) groups excluding carboxylic acids is 2. The molecule has 0 radical (unpaired) electrons. The minimum Gasteiger partial charge on any atom is -0.493 e. The molecule has 166 valence electrons. The van der Waals surface area contributed by atoms with E-state index in [4.69, 9.17) is 9.47 Å². The van der Waals surface area contributed by atoms with Crippen LogP contribution >= 0.6 is 11.3 Å². The molecule has 0 aliphatic carbocycles. The van der Waals surface area contributed by atoms with Crippen LogP contribution in [0.3, 0.4) is 0 Å². The highest BCUT2D eigenvalue weighted by Gasteiger charge is 2.24. The van der Waals surface area contributed by atoms with Crippen molar-refractivity contribution >= 4 is 23.2 Å². The number of benzene rings is 1. The van der Waals surface area contributed by atoms with E-state index in [2.05, 4.69) is 15.3 Å². The molecule has 0 unspecified atom stereocenters. The van der Waals surface area contributed by atoms with Gasteiger partial charge in [-0.15, -0.1) is 11.3 Å². The summed E-state index contributed by atoms with van der Waals surface area (Å²) in [4.78, 5) is 35.8. The first-order valence-electron chi connectivity index (χ1n) is 10.2. The van der Waals surface area contributed by atoms with Gasteiger partial charge in [-0.1, -0.05) is 12.1 Å². The van der Waals surface area contributed by atoms with Crippen molar-refractivity contribution in [1.82, 2.24) is 20.2 Å². The van der Waals surface area contributed by atoms with E-state index >= 15 is 0 Å². The molecule has 2 amide bonds. The van der Waals surface area contributed by atoms with Crippen LogP contribution in [0.25, 0.3) is 0 Å². The highest BCUT2D eigenvalue weighted by Crippen LogP contribution is 2.27. The Bertz CT molecular complexity index is 1120. The van der Waals surface area contributed by atoms with Crippen molar-refractivity contribution in [3.8, 4) is 11.5 Å². The Kier molecular flexibility index (Phi) is 6.65. The lowest BCUT2D eigenvalue weighted by Gasteiger charge is -2.30. The summed E-state index contributed by atoms with van der Waals surface area (Å²) >= 11 is 1.31. The molecule has 3 aromatic rings. The molecule has 0 fully saturated rings. The van der Waals surface area contributed by atoms with Crippen molar-refractivity contribution in [3.05, 3.63) is 69.4 Å². The SMILES string of the molecule is COc1ccccc1OCC(=O)N1CCc2c(cnc(C)c2CNC(=O)c2cncs2)C1. The number of para-hydroxylation sites is 2. The number of hydrogen-bond acceptors (Lipinski definition) is 7. The molecule has 0 atom stereocenters. The Morgan fingerprint density at radius 1 is 1.22 bits per heavy atom. The van der Waals surface area contributed by atoms with Crippen LogP contribution in [0, 0.1) is 6.92 Å². The van der Waals surface area contributed by atoms with E-state index in [0.717, 1.165) is 22.4 Å². The highest BCUT2D eigenvalue weighted by molar-refractivity contribution is 7.11. The maximum absolute atomic E-state index is 12.8.